The summed E-state index contributed by atoms with van der Waals surface area (Å²) < 4.78 is 6.18. The van der Waals surface area contributed by atoms with Gasteiger partial charge in [-0.25, -0.2) is 15.0 Å². The fraction of sp³-hybridized carbons (Fsp3) is 0.0278. The molecule has 1 aliphatic heterocycles. The van der Waals surface area contributed by atoms with E-state index in [0.29, 0.717) is 17.5 Å². The maximum absolute atomic E-state index is 6.18. The first-order valence-corrected chi connectivity index (χ1v) is 13.7. The number of nitrogens with one attached hydrogen (secondary N) is 1. The lowest BCUT2D eigenvalue weighted by atomic mass is 9.99. The largest absolute Gasteiger partial charge is 0.456 e. The van der Waals surface area contributed by atoms with Gasteiger partial charge in [0.05, 0.1) is 0 Å². The zero-order valence-corrected chi connectivity index (χ0v) is 22.0. The number of aromatic nitrogens is 3. The van der Waals surface area contributed by atoms with Gasteiger partial charge >= 0.3 is 0 Å². The van der Waals surface area contributed by atoms with Crippen molar-refractivity contribution in [3.05, 3.63) is 145 Å². The van der Waals surface area contributed by atoms with Crippen LogP contribution in [-0.2, 0) is 0 Å². The molecular formula is C36H24N4O. The molecule has 0 spiro atoms. The summed E-state index contributed by atoms with van der Waals surface area (Å²) in [5.41, 5.74) is 6.06. The maximum Gasteiger partial charge on any atom is 0.163 e. The van der Waals surface area contributed by atoms with Crippen LogP contribution in [0.15, 0.2) is 132 Å². The first-order chi connectivity index (χ1) is 20.3. The SMILES string of the molecule is C1=Cc2oc3ccccc3c2C(c2nc(-c3ccc(-c4ccccc4)cc3)nc(-c3ccc4ccccc4c3)n2)N1. The molecular weight excluding hydrogens is 504 g/mol. The molecule has 0 saturated carbocycles. The van der Waals surface area contributed by atoms with Gasteiger partial charge < -0.3 is 9.73 Å². The van der Waals surface area contributed by atoms with E-state index >= 15 is 0 Å². The fourth-order valence-electron chi connectivity index (χ4n) is 5.56. The van der Waals surface area contributed by atoms with E-state index in [1.165, 1.54) is 10.9 Å². The molecule has 5 nitrogen and oxygen atoms in total. The number of furan rings is 1. The summed E-state index contributed by atoms with van der Waals surface area (Å²) in [5.74, 6) is 2.72. The van der Waals surface area contributed by atoms with E-state index in [1.54, 1.807) is 0 Å². The fourth-order valence-corrected chi connectivity index (χ4v) is 5.56. The maximum atomic E-state index is 6.18. The zero-order valence-electron chi connectivity index (χ0n) is 22.0. The average Bonchev–Trinajstić information content (AvgIpc) is 3.44. The Hall–Kier alpha value is -5.55. The van der Waals surface area contributed by atoms with Crippen LogP contribution >= 0.6 is 0 Å². The zero-order chi connectivity index (χ0) is 27.2. The number of hydrogen-bond acceptors (Lipinski definition) is 5. The Morgan fingerprint density at radius 2 is 1.22 bits per heavy atom. The third-order valence-electron chi connectivity index (χ3n) is 7.62. The predicted molar refractivity (Wildman–Crippen MR) is 164 cm³/mol. The molecule has 0 radical (unpaired) electrons. The Balaban J connectivity index is 1.29. The molecule has 8 rings (SSSR count). The minimum atomic E-state index is -0.289. The second-order valence-corrected chi connectivity index (χ2v) is 10.2. The molecule has 7 aromatic rings. The van der Waals surface area contributed by atoms with Crippen molar-refractivity contribution in [3.8, 4) is 33.9 Å². The van der Waals surface area contributed by atoms with Crippen molar-refractivity contribution in [1.29, 1.82) is 0 Å². The van der Waals surface area contributed by atoms with Crippen LogP contribution in [0, 0.1) is 0 Å². The molecule has 41 heavy (non-hydrogen) atoms. The van der Waals surface area contributed by atoms with Crippen LogP contribution in [0.5, 0.6) is 0 Å². The molecule has 5 heteroatoms. The van der Waals surface area contributed by atoms with E-state index in [9.17, 15) is 0 Å². The monoisotopic (exact) mass is 528 g/mol. The van der Waals surface area contributed by atoms with Crippen LogP contribution in [0.2, 0.25) is 0 Å². The second-order valence-electron chi connectivity index (χ2n) is 10.2. The van der Waals surface area contributed by atoms with Crippen molar-refractivity contribution >= 4 is 27.8 Å². The van der Waals surface area contributed by atoms with E-state index in [-0.39, 0.29) is 6.04 Å². The summed E-state index contributed by atoms with van der Waals surface area (Å²) in [7, 11) is 0. The highest BCUT2D eigenvalue weighted by Crippen LogP contribution is 2.37. The van der Waals surface area contributed by atoms with Gasteiger partial charge in [-0.15, -0.1) is 0 Å². The highest BCUT2D eigenvalue weighted by molar-refractivity contribution is 5.87. The van der Waals surface area contributed by atoms with Gasteiger partial charge in [-0.2, -0.15) is 0 Å². The molecule has 1 N–H and O–H groups in total. The average molecular weight is 529 g/mol. The molecule has 0 amide bonds. The van der Waals surface area contributed by atoms with Crippen molar-refractivity contribution < 1.29 is 4.42 Å². The number of hydrogen-bond donors (Lipinski definition) is 1. The van der Waals surface area contributed by atoms with E-state index in [4.69, 9.17) is 19.4 Å². The Kier molecular flexibility index (Phi) is 5.45. The van der Waals surface area contributed by atoms with Crippen LogP contribution in [0.1, 0.15) is 23.2 Å². The van der Waals surface area contributed by atoms with Crippen molar-refractivity contribution in [2.45, 2.75) is 6.04 Å². The number of benzene rings is 5. The summed E-state index contributed by atoms with van der Waals surface area (Å²) in [6.45, 7) is 0. The van der Waals surface area contributed by atoms with Crippen LogP contribution in [-0.4, -0.2) is 15.0 Å². The van der Waals surface area contributed by atoms with Gasteiger partial charge in [0.25, 0.3) is 0 Å². The summed E-state index contributed by atoms with van der Waals surface area (Å²) in [4.78, 5) is 15.1. The Bertz CT molecular complexity index is 2080. The second kappa shape index (κ2) is 9.57. The molecule has 0 bridgehead atoms. The minimum absolute atomic E-state index is 0.289. The molecule has 0 fully saturated rings. The molecule has 0 aliphatic carbocycles. The van der Waals surface area contributed by atoms with E-state index in [0.717, 1.165) is 44.4 Å². The van der Waals surface area contributed by atoms with Crippen LogP contribution < -0.4 is 5.32 Å². The lowest BCUT2D eigenvalue weighted by Gasteiger charge is -2.20. The third-order valence-corrected chi connectivity index (χ3v) is 7.62. The number of nitrogens with zero attached hydrogens (tertiary/aromatic N) is 3. The first kappa shape index (κ1) is 23.3. The Labute approximate surface area is 236 Å². The minimum Gasteiger partial charge on any atom is -0.456 e. The van der Waals surface area contributed by atoms with E-state index < -0.39 is 0 Å². The molecule has 1 unspecified atom stereocenters. The normalized spacial score (nSPS) is 14.2. The van der Waals surface area contributed by atoms with Crippen molar-refractivity contribution in [2.24, 2.45) is 0 Å². The molecule has 194 valence electrons. The summed E-state index contributed by atoms with van der Waals surface area (Å²) in [6.07, 6.45) is 3.86. The van der Waals surface area contributed by atoms with Crippen LogP contribution in [0.3, 0.4) is 0 Å². The third kappa shape index (κ3) is 4.15. The lowest BCUT2D eigenvalue weighted by molar-refractivity contribution is 0.574. The quantitative estimate of drug-likeness (QED) is 0.248. The lowest BCUT2D eigenvalue weighted by Crippen LogP contribution is -2.23. The van der Waals surface area contributed by atoms with Crippen molar-refractivity contribution in [2.75, 3.05) is 0 Å². The van der Waals surface area contributed by atoms with Gasteiger partial charge in [0.15, 0.2) is 17.5 Å². The molecule has 1 aliphatic rings. The Morgan fingerprint density at radius 1 is 0.561 bits per heavy atom. The standard InChI is InChI=1S/C36H24N4O/c1-2-8-23(9-3-1)25-14-17-26(18-15-25)34-38-35(28-19-16-24-10-4-5-11-27(24)22-28)40-36(39-34)33-32-29-12-6-7-13-30(29)41-31(32)20-21-37-33/h1-22,33,37H. The van der Waals surface area contributed by atoms with Crippen LogP contribution in [0.4, 0.5) is 0 Å². The number of rotatable bonds is 4. The summed E-state index contributed by atoms with van der Waals surface area (Å²) >= 11 is 0. The smallest absolute Gasteiger partial charge is 0.163 e. The first-order valence-electron chi connectivity index (χ1n) is 13.7. The van der Waals surface area contributed by atoms with E-state index in [2.05, 4.69) is 102 Å². The van der Waals surface area contributed by atoms with Gasteiger partial charge in [0.2, 0.25) is 0 Å². The number of para-hydroxylation sites is 1. The molecule has 0 saturated heterocycles. The molecule has 3 heterocycles. The highest BCUT2D eigenvalue weighted by atomic mass is 16.3. The molecule has 5 aromatic carbocycles. The summed E-state index contributed by atoms with van der Waals surface area (Å²) in [5, 5.41) is 6.86. The van der Waals surface area contributed by atoms with Gasteiger partial charge in [-0.1, -0.05) is 109 Å². The van der Waals surface area contributed by atoms with Crippen molar-refractivity contribution in [1.82, 2.24) is 20.3 Å². The van der Waals surface area contributed by atoms with Gasteiger partial charge in [0, 0.05) is 28.3 Å². The number of fused-ring (bicyclic) bond motifs is 4. The van der Waals surface area contributed by atoms with Gasteiger partial charge in [-0.05, 0) is 40.1 Å². The summed E-state index contributed by atoms with van der Waals surface area (Å²) in [6, 6.07) is 41.2. The highest BCUT2D eigenvalue weighted by Gasteiger charge is 2.28. The Morgan fingerprint density at radius 3 is 2.07 bits per heavy atom. The molecule has 2 aromatic heterocycles. The van der Waals surface area contributed by atoms with Gasteiger partial charge in [-0.3, -0.25) is 0 Å². The van der Waals surface area contributed by atoms with E-state index in [1.807, 2.05) is 36.5 Å². The predicted octanol–water partition coefficient (Wildman–Crippen LogP) is 8.44. The van der Waals surface area contributed by atoms with Crippen LogP contribution in [0.25, 0.3) is 61.7 Å². The van der Waals surface area contributed by atoms with Gasteiger partial charge in [0.1, 0.15) is 17.4 Å². The molecule has 1 atom stereocenters. The van der Waals surface area contributed by atoms with Crippen molar-refractivity contribution in [3.63, 3.8) is 0 Å². The topological polar surface area (TPSA) is 63.8 Å².